The third kappa shape index (κ3) is 5.81. The number of thioether (sulfide) groups is 1. The van der Waals surface area contributed by atoms with E-state index in [9.17, 15) is 22.4 Å². The first-order valence-electron chi connectivity index (χ1n) is 8.13. The monoisotopic (exact) mass is 438 g/mol. The number of methoxy groups -OCH3 is 1. The average molecular weight is 439 g/mol. The van der Waals surface area contributed by atoms with E-state index in [1.165, 1.54) is 29.2 Å². The highest BCUT2D eigenvalue weighted by molar-refractivity contribution is 7.99. The number of carbonyl (C=O) groups is 2. The van der Waals surface area contributed by atoms with Gasteiger partial charge in [-0.1, -0.05) is 11.6 Å². The molecule has 1 aromatic rings. The van der Waals surface area contributed by atoms with Gasteiger partial charge in [-0.2, -0.15) is 4.31 Å². The number of carbonyl (C=O) groups excluding carboxylic acids is 2. The van der Waals surface area contributed by atoms with Gasteiger partial charge in [0.1, 0.15) is 5.82 Å². The van der Waals surface area contributed by atoms with Crippen molar-refractivity contribution in [3.63, 3.8) is 0 Å². The van der Waals surface area contributed by atoms with Gasteiger partial charge in [-0.3, -0.25) is 9.59 Å². The molecule has 2 rings (SSSR count). The summed E-state index contributed by atoms with van der Waals surface area (Å²) in [7, 11) is -2.49. The molecule has 0 spiro atoms. The number of halogens is 2. The zero-order chi connectivity index (χ0) is 20.0. The lowest BCUT2D eigenvalue weighted by Gasteiger charge is -2.34. The molecule has 0 aliphatic carbocycles. The van der Waals surface area contributed by atoms with Crippen LogP contribution in [0.2, 0.25) is 5.02 Å². The van der Waals surface area contributed by atoms with Gasteiger partial charge in [0.15, 0.2) is 0 Å². The van der Waals surface area contributed by atoms with E-state index < -0.39 is 15.8 Å². The van der Waals surface area contributed by atoms with Crippen molar-refractivity contribution in [1.82, 2.24) is 9.21 Å². The Morgan fingerprint density at radius 1 is 1.26 bits per heavy atom. The number of rotatable bonds is 7. The molecule has 11 heteroatoms. The van der Waals surface area contributed by atoms with Crippen LogP contribution in [-0.4, -0.2) is 74.3 Å². The van der Waals surface area contributed by atoms with Crippen LogP contribution in [0.4, 0.5) is 4.39 Å². The topological polar surface area (TPSA) is 84.0 Å². The van der Waals surface area contributed by atoms with E-state index in [1.54, 1.807) is 4.90 Å². The molecule has 0 aromatic heterocycles. The Morgan fingerprint density at radius 2 is 1.93 bits per heavy atom. The highest BCUT2D eigenvalue weighted by Crippen LogP contribution is 2.23. The molecule has 1 aliphatic heterocycles. The van der Waals surface area contributed by atoms with Crippen LogP contribution in [0.15, 0.2) is 23.1 Å². The summed E-state index contributed by atoms with van der Waals surface area (Å²) in [6.07, 6.45) is 0.266. The van der Waals surface area contributed by atoms with Crippen molar-refractivity contribution in [3.8, 4) is 0 Å². The molecular weight excluding hydrogens is 419 g/mol. The van der Waals surface area contributed by atoms with E-state index in [2.05, 4.69) is 4.74 Å². The number of hydrogen-bond donors (Lipinski definition) is 0. The lowest BCUT2D eigenvalue weighted by Crippen LogP contribution is -2.50. The van der Waals surface area contributed by atoms with E-state index in [0.717, 1.165) is 12.1 Å². The molecule has 0 N–H and O–H groups in total. The minimum Gasteiger partial charge on any atom is -0.468 e. The van der Waals surface area contributed by atoms with E-state index >= 15 is 0 Å². The molecule has 0 radical (unpaired) electrons. The lowest BCUT2D eigenvalue weighted by molar-refractivity contribution is -0.137. The summed E-state index contributed by atoms with van der Waals surface area (Å²) < 4.78 is 44.3. The van der Waals surface area contributed by atoms with Crippen LogP contribution in [0.5, 0.6) is 0 Å². The standard InChI is InChI=1S/C16H20ClFN2O5S2/c1-25-16(22)11-26-9-4-15(21)19-5-7-20(8-6-19)27(23,24)12-2-3-14(18)13(17)10-12/h2-3,10H,4-9,11H2,1H3. The summed E-state index contributed by atoms with van der Waals surface area (Å²) in [5, 5.41) is -0.255. The van der Waals surface area contributed by atoms with E-state index in [4.69, 9.17) is 11.6 Å². The van der Waals surface area contributed by atoms with Crippen molar-refractivity contribution < 1.29 is 27.1 Å². The van der Waals surface area contributed by atoms with Crippen LogP contribution in [0.25, 0.3) is 0 Å². The van der Waals surface area contributed by atoms with Gasteiger partial charge in [0, 0.05) is 38.4 Å². The van der Waals surface area contributed by atoms with Gasteiger partial charge in [-0.15, -0.1) is 11.8 Å². The number of sulfonamides is 1. The molecular formula is C16H20ClFN2O5S2. The smallest absolute Gasteiger partial charge is 0.315 e. The zero-order valence-electron chi connectivity index (χ0n) is 14.7. The molecule has 1 fully saturated rings. The van der Waals surface area contributed by atoms with Crippen molar-refractivity contribution >= 4 is 45.3 Å². The number of hydrogen-bond acceptors (Lipinski definition) is 6. The number of ether oxygens (including phenoxy) is 1. The Labute approximate surface area is 166 Å². The van der Waals surface area contributed by atoms with Crippen LogP contribution in [0.1, 0.15) is 6.42 Å². The molecule has 0 saturated carbocycles. The third-order valence-corrected chi connectivity index (χ3v) is 7.14. The maximum atomic E-state index is 13.2. The summed E-state index contributed by atoms with van der Waals surface area (Å²) in [5.74, 6) is -0.436. The van der Waals surface area contributed by atoms with Crippen molar-refractivity contribution in [2.45, 2.75) is 11.3 Å². The molecule has 0 bridgehead atoms. The molecule has 1 amide bonds. The first kappa shape index (κ1) is 21.9. The van der Waals surface area contributed by atoms with Crippen LogP contribution in [0, 0.1) is 5.82 Å². The Bertz CT molecular complexity index is 798. The predicted octanol–water partition coefficient (Wildman–Crippen LogP) is 1.61. The fourth-order valence-corrected chi connectivity index (χ4v) is 4.94. The fraction of sp³-hybridized carbons (Fsp3) is 0.500. The maximum Gasteiger partial charge on any atom is 0.315 e. The maximum absolute atomic E-state index is 13.2. The molecule has 27 heavy (non-hydrogen) atoms. The van der Waals surface area contributed by atoms with Gasteiger partial charge in [0.05, 0.1) is 22.8 Å². The molecule has 1 saturated heterocycles. The van der Waals surface area contributed by atoms with Gasteiger partial charge in [0.25, 0.3) is 0 Å². The third-order valence-electron chi connectivity index (χ3n) is 4.03. The van der Waals surface area contributed by atoms with E-state index in [0.29, 0.717) is 5.75 Å². The Balaban J connectivity index is 1.86. The largest absolute Gasteiger partial charge is 0.468 e. The van der Waals surface area contributed by atoms with Gasteiger partial charge in [-0.05, 0) is 18.2 Å². The van der Waals surface area contributed by atoms with Crippen molar-refractivity contribution in [2.24, 2.45) is 0 Å². The molecule has 1 heterocycles. The number of piperazine rings is 1. The second-order valence-corrected chi connectivity index (χ2v) is 9.19. The van der Waals surface area contributed by atoms with Gasteiger partial charge >= 0.3 is 5.97 Å². The summed E-state index contributed by atoms with van der Waals surface area (Å²) in [5.41, 5.74) is 0. The molecule has 0 atom stereocenters. The summed E-state index contributed by atoms with van der Waals surface area (Å²) in [6.45, 7) is 0.847. The number of esters is 1. The Kier molecular flexibility index (Phi) is 7.90. The normalized spacial score (nSPS) is 15.6. The number of amides is 1. The van der Waals surface area contributed by atoms with Crippen LogP contribution in [0.3, 0.4) is 0 Å². The molecule has 1 aromatic carbocycles. The minimum atomic E-state index is -3.80. The van der Waals surface area contributed by atoms with E-state index in [-0.39, 0.29) is 60.1 Å². The highest BCUT2D eigenvalue weighted by atomic mass is 35.5. The predicted molar refractivity (Wildman–Crippen MR) is 101 cm³/mol. The molecule has 150 valence electrons. The molecule has 0 unspecified atom stereocenters. The molecule has 7 nitrogen and oxygen atoms in total. The Morgan fingerprint density at radius 3 is 2.52 bits per heavy atom. The van der Waals surface area contributed by atoms with Crippen LogP contribution >= 0.6 is 23.4 Å². The summed E-state index contributed by atoms with van der Waals surface area (Å²) in [6, 6.07) is 3.27. The van der Waals surface area contributed by atoms with Crippen LogP contribution < -0.4 is 0 Å². The number of nitrogens with zero attached hydrogens (tertiary/aromatic N) is 2. The first-order valence-corrected chi connectivity index (χ1v) is 11.1. The second-order valence-electron chi connectivity index (χ2n) is 5.74. The van der Waals surface area contributed by atoms with Gasteiger partial charge in [-0.25, -0.2) is 12.8 Å². The molecule has 1 aliphatic rings. The number of benzene rings is 1. The lowest BCUT2D eigenvalue weighted by atomic mass is 10.3. The van der Waals surface area contributed by atoms with Crippen LogP contribution in [-0.2, 0) is 24.3 Å². The average Bonchev–Trinajstić information content (AvgIpc) is 2.66. The van der Waals surface area contributed by atoms with Crippen molar-refractivity contribution in [2.75, 3.05) is 44.8 Å². The first-order chi connectivity index (χ1) is 12.8. The SMILES string of the molecule is COC(=O)CSCCC(=O)N1CCN(S(=O)(=O)c2ccc(F)c(Cl)c2)CC1. The fourth-order valence-electron chi connectivity index (χ4n) is 2.50. The quantitative estimate of drug-likeness (QED) is 0.475. The van der Waals surface area contributed by atoms with Crippen molar-refractivity contribution in [1.29, 1.82) is 0 Å². The van der Waals surface area contributed by atoms with Gasteiger partial charge < -0.3 is 9.64 Å². The minimum absolute atomic E-state index is 0.0760. The second kappa shape index (κ2) is 9.72. The zero-order valence-corrected chi connectivity index (χ0v) is 17.1. The van der Waals surface area contributed by atoms with Gasteiger partial charge in [0.2, 0.25) is 15.9 Å². The van der Waals surface area contributed by atoms with E-state index in [1.807, 2.05) is 0 Å². The van der Waals surface area contributed by atoms with Crippen molar-refractivity contribution in [3.05, 3.63) is 29.0 Å². The summed E-state index contributed by atoms with van der Waals surface area (Å²) >= 11 is 6.98. The highest BCUT2D eigenvalue weighted by Gasteiger charge is 2.30. The Hall–Kier alpha value is -1.36. The summed E-state index contributed by atoms with van der Waals surface area (Å²) in [4.78, 5) is 24.7.